The Bertz CT molecular complexity index is 904. The molecule has 0 aliphatic carbocycles. The van der Waals surface area contributed by atoms with Crippen LogP contribution in [-0.2, 0) is 0 Å². The maximum atomic E-state index is 13.4. The molecule has 2 aromatic rings. The van der Waals surface area contributed by atoms with Gasteiger partial charge >= 0.3 is 6.03 Å². The largest absolute Gasteiger partial charge is 0.340 e. The van der Waals surface area contributed by atoms with Crippen LogP contribution < -0.4 is 10.2 Å². The lowest BCUT2D eigenvalue weighted by Crippen LogP contribution is -2.54. The minimum Gasteiger partial charge on any atom is -0.340 e. The van der Waals surface area contributed by atoms with Crippen molar-refractivity contribution < 1.29 is 13.6 Å². The van der Waals surface area contributed by atoms with Crippen LogP contribution in [0.15, 0.2) is 30.5 Å². The highest BCUT2D eigenvalue weighted by Gasteiger charge is 2.41. The lowest BCUT2D eigenvalue weighted by Gasteiger charge is -2.48. The molecule has 2 fully saturated rings. The predicted molar refractivity (Wildman–Crippen MR) is 107 cm³/mol. The first-order valence-corrected chi connectivity index (χ1v) is 10.00. The zero-order chi connectivity index (χ0) is 20.4. The molecule has 1 spiro atoms. The van der Waals surface area contributed by atoms with Gasteiger partial charge in [0.1, 0.15) is 0 Å². The highest BCUT2D eigenvalue weighted by Crippen LogP contribution is 2.39. The van der Waals surface area contributed by atoms with Crippen LogP contribution in [-0.4, -0.2) is 47.1 Å². The number of hydrogen-bond donors (Lipinski definition) is 1. The Labute approximate surface area is 168 Å². The molecule has 1 N–H and O–H groups in total. The fraction of sp³-hybridized carbons (Fsp3) is 0.476. The van der Waals surface area contributed by atoms with E-state index in [1.165, 1.54) is 6.07 Å². The van der Waals surface area contributed by atoms with Gasteiger partial charge in [0.15, 0.2) is 11.6 Å². The lowest BCUT2D eigenvalue weighted by atomic mass is 9.74. The highest BCUT2D eigenvalue weighted by atomic mass is 19.2. The fourth-order valence-corrected chi connectivity index (χ4v) is 4.46. The Morgan fingerprint density at radius 2 is 1.90 bits per heavy atom. The molecule has 1 atom stereocenters. The third-order valence-electron chi connectivity index (χ3n) is 5.85. The van der Waals surface area contributed by atoms with Gasteiger partial charge in [-0.1, -0.05) is 0 Å². The summed E-state index contributed by atoms with van der Waals surface area (Å²) in [6, 6.07) is 4.99. The van der Waals surface area contributed by atoms with Gasteiger partial charge in [0.25, 0.3) is 0 Å². The van der Waals surface area contributed by atoms with E-state index >= 15 is 0 Å². The molecule has 2 amide bonds. The van der Waals surface area contributed by atoms with E-state index in [9.17, 15) is 13.6 Å². The van der Waals surface area contributed by atoms with Crippen molar-refractivity contribution in [1.82, 2.24) is 14.9 Å². The van der Waals surface area contributed by atoms with Crippen LogP contribution in [0.5, 0.6) is 0 Å². The molecule has 6 nitrogen and oxygen atoms in total. The summed E-state index contributed by atoms with van der Waals surface area (Å²) in [6.07, 6.45) is 5.81. The van der Waals surface area contributed by atoms with Gasteiger partial charge in [0, 0.05) is 55.2 Å². The second kappa shape index (κ2) is 7.93. The Hall–Kier alpha value is -2.77. The number of benzene rings is 1. The molecular formula is C21H25F2N5O. The number of aromatic nitrogens is 2. The SMILES string of the molecule is Cc1ccnc(N2CCCC3(CCCN(C(=O)Nc4ccc(F)c(F)c4)C3)C2)n1. The standard InChI is InChI=1S/C21H25F2N5O/c1-15-6-9-24-19(25-15)27-10-2-7-21(13-27)8-3-11-28(14-21)20(29)26-16-4-5-17(22)18(23)12-16/h4-6,9,12H,2-3,7-8,10-11,13-14H2,1H3,(H,26,29). The quantitative estimate of drug-likeness (QED) is 0.827. The van der Waals surface area contributed by atoms with Crippen LogP contribution in [0.4, 0.5) is 25.2 Å². The number of carbonyl (C=O) groups is 1. The number of urea groups is 1. The van der Waals surface area contributed by atoms with E-state index in [-0.39, 0.29) is 17.1 Å². The topological polar surface area (TPSA) is 61.4 Å². The number of carbonyl (C=O) groups excluding carboxylic acids is 1. The smallest absolute Gasteiger partial charge is 0.321 e. The first-order chi connectivity index (χ1) is 13.9. The molecule has 154 valence electrons. The van der Waals surface area contributed by atoms with Gasteiger partial charge in [-0.3, -0.25) is 0 Å². The van der Waals surface area contributed by atoms with Crippen molar-refractivity contribution in [1.29, 1.82) is 0 Å². The number of rotatable bonds is 2. The average molecular weight is 401 g/mol. The van der Waals surface area contributed by atoms with Gasteiger partial charge in [-0.05, 0) is 50.8 Å². The molecule has 2 aliphatic rings. The van der Waals surface area contributed by atoms with Crippen molar-refractivity contribution in [2.75, 3.05) is 36.4 Å². The summed E-state index contributed by atoms with van der Waals surface area (Å²) in [5.41, 5.74) is 1.19. The Morgan fingerprint density at radius 1 is 1.10 bits per heavy atom. The minimum absolute atomic E-state index is 0.00497. The molecule has 1 aromatic heterocycles. The number of nitrogens with zero attached hydrogens (tertiary/aromatic N) is 4. The molecule has 1 unspecified atom stereocenters. The first kappa shape index (κ1) is 19.5. The Balaban J connectivity index is 1.45. The number of aryl methyl sites for hydroxylation is 1. The zero-order valence-electron chi connectivity index (χ0n) is 16.5. The van der Waals surface area contributed by atoms with Crippen molar-refractivity contribution in [2.45, 2.75) is 32.6 Å². The third kappa shape index (κ3) is 4.31. The molecule has 29 heavy (non-hydrogen) atoms. The van der Waals surface area contributed by atoms with E-state index in [1.807, 2.05) is 13.0 Å². The molecule has 1 aromatic carbocycles. The number of piperidine rings is 2. The van der Waals surface area contributed by atoms with E-state index < -0.39 is 11.6 Å². The Morgan fingerprint density at radius 3 is 2.66 bits per heavy atom. The molecule has 0 bridgehead atoms. The summed E-state index contributed by atoms with van der Waals surface area (Å²) in [7, 11) is 0. The number of anilines is 2. The lowest BCUT2D eigenvalue weighted by molar-refractivity contribution is 0.0948. The molecule has 8 heteroatoms. The number of likely N-dealkylation sites (tertiary alicyclic amines) is 1. The number of hydrogen-bond acceptors (Lipinski definition) is 4. The van der Waals surface area contributed by atoms with Crippen LogP contribution in [0.1, 0.15) is 31.4 Å². The van der Waals surface area contributed by atoms with Crippen molar-refractivity contribution >= 4 is 17.7 Å². The predicted octanol–water partition coefficient (Wildman–Crippen LogP) is 3.98. The van der Waals surface area contributed by atoms with E-state index in [4.69, 9.17) is 0 Å². The second-order valence-electron chi connectivity index (χ2n) is 8.11. The third-order valence-corrected chi connectivity index (χ3v) is 5.85. The molecular weight excluding hydrogens is 376 g/mol. The van der Waals surface area contributed by atoms with Gasteiger partial charge < -0.3 is 15.1 Å². The number of amides is 2. The van der Waals surface area contributed by atoms with Crippen LogP contribution in [0.25, 0.3) is 0 Å². The maximum absolute atomic E-state index is 13.4. The van der Waals surface area contributed by atoms with E-state index in [2.05, 4.69) is 20.2 Å². The van der Waals surface area contributed by atoms with Gasteiger partial charge in [0.2, 0.25) is 5.95 Å². The number of halogens is 2. The maximum Gasteiger partial charge on any atom is 0.321 e. The molecule has 2 saturated heterocycles. The summed E-state index contributed by atoms with van der Waals surface area (Å²) in [5.74, 6) is -1.16. The molecule has 0 saturated carbocycles. The van der Waals surface area contributed by atoms with Crippen molar-refractivity contribution in [3.63, 3.8) is 0 Å². The monoisotopic (exact) mass is 401 g/mol. The highest BCUT2D eigenvalue weighted by molar-refractivity contribution is 5.89. The van der Waals surface area contributed by atoms with Gasteiger partial charge in [-0.25, -0.2) is 23.5 Å². The van der Waals surface area contributed by atoms with Gasteiger partial charge in [-0.2, -0.15) is 0 Å². The van der Waals surface area contributed by atoms with Crippen molar-refractivity contribution in [2.24, 2.45) is 5.41 Å². The molecule has 4 rings (SSSR count). The summed E-state index contributed by atoms with van der Waals surface area (Å²) in [5, 5.41) is 2.69. The van der Waals surface area contributed by atoms with Crippen molar-refractivity contribution in [3.8, 4) is 0 Å². The average Bonchev–Trinajstić information content (AvgIpc) is 2.71. The van der Waals surface area contributed by atoms with E-state index in [0.29, 0.717) is 13.1 Å². The van der Waals surface area contributed by atoms with E-state index in [1.54, 1.807) is 11.1 Å². The van der Waals surface area contributed by atoms with Crippen LogP contribution >= 0.6 is 0 Å². The molecule has 3 heterocycles. The molecule has 2 aliphatic heterocycles. The van der Waals surface area contributed by atoms with Gasteiger partial charge in [0.05, 0.1) is 0 Å². The second-order valence-corrected chi connectivity index (χ2v) is 8.11. The first-order valence-electron chi connectivity index (χ1n) is 10.00. The fourth-order valence-electron chi connectivity index (χ4n) is 4.46. The van der Waals surface area contributed by atoms with E-state index in [0.717, 1.165) is 62.5 Å². The minimum atomic E-state index is -0.973. The summed E-state index contributed by atoms with van der Waals surface area (Å²) in [4.78, 5) is 25.7. The van der Waals surface area contributed by atoms with Crippen LogP contribution in [0.2, 0.25) is 0 Å². The van der Waals surface area contributed by atoms with Crippen LogP contribution in [0, 0.1) is 24.0 Å². The molecule has 0 radical (unpaired) electrons. The summed E-state index contributed by atoms with van der Waals surface area (Å²) >= 11 is 0. The summed E-state index contributed by atoms with van der Waals surface area (Å²) < 4.78 is 26.6. The summed E-state index contributed by atoms with van der Waals surface area (Å²) in [6.45, 7) is 4.95. The van der Waals surface area contributed by atoms with Gasteiger partial charge in [-0.15, -0.1) is 0 Å². The zero-order valence-corrected chi connectivity index (χ0v) is 16.5. The Kier molecular flexibility index (Phi) is 5.34. The number of nitrogens with one attached hydrogen (secondary N) is 1. The van der Waals surface area contributed by atoms with Crippen molar-refractivity contribution in [3.05, 3.63) is 47.8 Å². The van der Waals surface area contributed by atoms with Crippen LogP contribution in [0.3, 0.4) is 0 Å². The normalized spacial score (nSPS) is 22.0.